The highest BCUT2D eigenvalue weighted by molar-refractivity contribution is 7.26. The number of hydrogen-bond acceptors (Lipinski definition) is 9. The second-order valence-electron chi connectivity index (χ2n) is 35.1. The first-order valence-electron chi connectivity index (χ1n) is 46.4. The topological polar surface area (TPSA) is 62.3 Å². The quantitative estimate of drug-likeness (QED) is 0.121. The van der Waals surface area contributed by atoms with E-state index >= 15 is 0 Å². The van der Waals surface area contributed by atoms with Crippen LogP contribution < -0.4 is 14.7 Å². The molecule has 642 valence electrons. The van der Waals surface area contributed by atoms with Gasteiger partial charge >= 0.3 is 0 Å². The van der Waals surface area contributed by atoms with Gasteiger partial charge in [0.2, 0.25) is 0 Å². The third kappa shape index (κ3) is 13.5. The Labute approximate surface area is 794 Å². The molecule has 7 nitrogen and oxygen atoms in total. The molecular weight excluding hydrogens is 1710 g/mol. The zero-order chi connectivity index (χ0) is 90.1. The van der Waals surface area contributed by atoms with E-state index in [0.29, 0.717) is 0 Å². The van der Waals surface area contributed by atoms with Gasteiger partial charge in [0, 0.05) is 128 Å². The summed E-state index contributed by atoms with van der Waals surface area (Å²) in [6.45, 7) is 0. The van der Waals surface area contributed by atoms with Crippen LogP contribution in [0.25, 0.3) is 215 Å². The Morgan fingerprint density at radius 2 is 0.467 bits per heavy atom. The van der Waals surface area contributed by atoms with Gasteiger partial charge in [0.05, 0.1) is 28.4 Å². The number of thiophene rings is 2. The Kier molecular flexibility index (Phi) is 18.9. The fourth-order valence-electron chi connectivity index (χ4n) is 21.0. The van der Waals surface area contributed by atoms with E-state index in [1.54, 1.807) is 0 Å². The van der Waals surface area contributed by atoms with Gasteiger partial charge in [0.1, 0.15) is 39.1 Å². The lowest BCUT2D eigenvalue weighted by atomic mass is 9.95. The summed E-state index contributed by atoms with van der Waals surface area (Å²) in [7, 11) is 0. The van der Waals surface area contributed by atoms with E-state index in [-0.39, 0.29) is 0 Å². The molecule has 137 heavy (non-hydrogen) atoms. The first-order valence-corrected chi connectivity index (χ1v) is 48.0. The van der Waals surface area contributed by atoms with Crippen LogP contribution in [0.3, 0.4) is 0 Å². The summed E-state index contributed by atoms with van der Waals surface area (Å²) >= 11 is 3.72. The van der Waals surface area contributed by atoms with Crippen LogP contribution in [0.15, 0.2) is 497 Å². The zero-order valence-corrected chi connectivity index (χ0v) is 75.5. The van der Waals surface area contributed by atoms with Crippen molar-refractivity contribution in [2.24, 2.45) is 0 Å². The molecule has 0 aliphatic rings. The molecule has 6 heterocycles. The highest BCUT2D eigenvalue weighted by atomic mass is 32.1. The van der Waals surface area contributed by atoms with Crippen molar-refractivity contribution < 1.29 is 17.7 Å². The lowest BCUT2D eigenvalue weighted by Crippen LogP contribution is -2.11. The average Bonchev–Trinajstić information content (AvgIpc) is 1.60. The fraction of sp³-hybridized carbons (Fsp3) is 0. The van der Waals surface area contributed by atoms with Gasteiger partial charge in [-0.25, -0.2) is 0 Å². The SMILES string of the molecule is c1ccc(N(c2ccc(-c3ccc4oc5ccccc5c4c3)c3ccccc23)c2cccc3c2oc2ccccc23)cc1.c1ccc2c(N(c3ccc4c(c3)sc3ccccc34)c3ccc(-c4ccc5oc6ccccc6c5c4)c4ccccc34)cccc2c1.c1ccc2cc(N(c3ccc4c(c3)sc3ccccc34)c3ccc(-c4ccc5oc6ccccc6c5c4)c4ccccc34)ccc2c1. The first-order chi connectivity index (χ1) is 67.9. The summed E-state index contributed by atoms with van der Waals surface area (Å²) in [6, 6.07) is 172. The van der Waals surface area contributed by atoms with Crippen LogP contribution in [0.4, 0.5) is 51.2 Å². The van der Waals surface area contributed by atoms with Crippen LogP contribution in [-0.2, 0) is 0 Å². The molecule has 0 unspecified atom stereocenters. The Bertz CT molecular complexity index is 9890. The fourth-order valence-corrected chi connectivity index (χ4v) is 23.3. The molecule has 0 saturated heterocycles. The molecule has 0 radical (unpaired) electrons. The number of para-hydroxylation sites is 6. The highest BCUT2D eigenvalue weighted by Gasteiger charge is 2.27. The standard InChI is InChI=1S/2C44H27NOS.C40H25NO2/c1-2-12-32-28(10-1)11-9-17-39(32)45(30-21-22-37-36-16-6-8-19-43(36)47-44(37)27-30)40-24-23-31(33-13-3-4-14-34(33)40)29-20-25-42-38(26-29)35-15-5-7-18-41(35)46-42;1-2-10-29-25-31(19-17-28(29)9-1)45(32-20-21-38-37-14-6-8-16-43(37)47-44(38)27-32)40-23-22-33(34-11-3-4-12-35(34)40)30-18-24-42-39(26-30)36-13-5-7-15-41(36)46-42;1-2-11-27(12-3-1)41(36-18-10-17-33-31-15-6-9-20-38(31)43-40(33)36)35-23-22-28(29-13-4-5-14-30(29)35)26-21-24-39-34(25-26)32-16-7-8-19-37(32)42-39/h2*1-27H;1-25H. The summed E-state index contributed by atoms with van der Waals surface area (Å²) < 4.78 is 30.2. The van der Waals surface area contributed by atoms with E-state index in [0.717, 1.165) is 150 Å². The average molecular weight is 1790 g/mol. The molecule has 23 aromatic carbocycles. The van der Waals surface area contributed by atoms with Crippen molar-refractivity contribution in [3.63, 3.8) is 0 Å². The van der Waals surface area contributed by atoms with Gasteiger partial charge in [-0.05, 0) is 217 Å². The predicted molar refractivity (Wildman–Crippen MR) is 582 cm³/mol. The van der Waals surface area contributed by atoms with Gasteiger partial charge in [0.25, 0.3) is 0 Å². The van der Waals surface area contributed by atoms with Gasteiger partial charge in [0.15, 0.2) is 5.58 Å². The van der Waals surface area contributed by atoms with Gasteiger partial charge in [-0.2, -0.15) is 0 Å². The molecule has 29 rings (SSSR count). The van der Waals surface area contributed by atoms with Crippen LogP contribution in [0.5, 0.6) is 0 Å². The molecule has 29 aromatic rings. The highest BCUT2D eigenvalue weighted by Crippen LogP contribution is 2.52. The Balaban J connectivity index is 0.000000104. The maximum atomic E-state index is 6.53. The number of nitrogens with zero attached hydrogens (tertiary/aromatic N) is 3. The molecular formula is C128H79N3O4S2. The van der Waals surface area contributed by atoms with Crippen LogP contribution in [0.1, 0.15) is 0 Å². The number of fused-ring (bicyclic) bond motifs is 23. The Morgan fingerprint density at radius 1 is 0.146 bits per heavy atom. The van der Waals surface area contributed by atoms with Crippen LogP contribution in [-0.4, -0.2) is 0 Å². The van der Waals surface area contributed by atoms with Crippen molar-refractivity contribution in [1.29, 1.82) is 0 Å². The predicted octanol–water partition coefficient (Wildman–Crippen LogP) is 38.6. The zero-order valence-electron chi connectivity index (χ0n) is 73.9. The van der Waals surface area contributed by atoms with Crippen LogP contribution in [0.2, 0.25) is 0 Å². The molecule has 9 heteroatoms. The first kappa shape index (κ1) is 79.2. The maximum absolute atomic E-state index is 6.53. The van der Waals surface area contributed by atoms with Crippen molar-refractivity contribution in [2.45, 2.75) is 0 Å². The normalized spacial score (nSPS) is 11.8. The second-order valence-corrected chi connectivity index (χ2v) is 37.3. The van der Waals surface area contributed by atoms with Gasteiger partial charge in [-0.3, -0.25) is 0 Å². The molecule has 0 N–H and O–H groups in total. The van der Waals surface area contributed by atoms with Crippen LogP contribution >= 0.6 is 22.7 Å². The lowest BCUT2D eigenvalue weighted by Gasteiger charge is -2.28. The van der Waals surface area contributed by atoms with Crippen LogP contribution in [0, 0.1) is 0 Å². The van der Waals surface area contributed by atoms with Crippen molar-refractivity contribution in [3.8, 4) is 33.4 Å². The van der Waals surface area contributed by atoms with Crippen molar-refractivity contribution in [2.75, 3.05) is 14.7 Å². The van der Waals surface area contributed by atoms with E-state index < -0.39 is 0 Å². The summed E-state index contributed by atoms with van der Waals surface area (Å²) in [5, 5.41) is 26.4. The Morgan fingerprint density at radius 3 is 0.964 bits per heavy atom. The Hall–Kier alpha value is -17.6. The molecule has 0 aliphatic carbocycles. The van der Waals surface area contributed by atoms with Crippen molar-refractivity contribution in [1.82, 2.24) is 0 Å². The largest absolute Gasteiger partial charge is 0.456 e. The summed E-state index contributed by atoms with van der Waals surface area (Å²) in [4.78, 5) is 7.20. The van der Waals surface area contributed by atoms with E-state index in [1.165, 1.54) is 117 Å². The van der Waals surface area contributed by atoms with Gasteiger partial charge < -0.3 is 32.4 Å². The van der Waals surface area contributed by atoms with Gasteiger partial charge in [-0.15, -0.1) is 22.7 Å². The number of benzene rings is 23. The molecule has 0 amide bonds. The maximum Gasteiger partial charge on any atom is 0.159 e. The minimum atomic E-state index is 0.873. The van der Waals surface area contributed by atoms with Crippen molar-refractivity contribution >= 4 is 256 Å². The number of furan rings is 4. The molecule has 6 aromatic heterocycles. The molecule has 0 saturated carbocycles. The third-order valence-electron chi connectivity index (χ3n) is 27.4. The number of rotatable bonds is 12. The van der Waals surface area contributed by atoms with E-state index in [9.17, 15) is 0 Å². The molecule has 0 aliphatic heterocycles. The molecule has 0 atom stereocenters. The lowest BCUT2D eigenvalue weighted by molar-refractivity contribution is 0.668. The van der Waals surface area contributed by atoms with Crippen molar-refractivity contribution in [3.05, 3.63) is 479 Å². The third-order valence-corrected chi connectivity index (χ3v) is 29.6. The minimum Gasteiger partial charge on any atom is -0.456 e. The second kappa shape index (κ2) is 32.7. The minimum absolute atomic E-state index is 0.873. The number of hydrogen-bond donors (Lipinski definition) is 0. The van der Waals surface area contributed by atoms with E-state index in [1.807, 2.05) is 71.2 Å². The van der Waals surface area contributed by atoms with Gasteiger partial charge in [-0.1, -0.05) is 328 Å². The smallest absolute Gasteiger partial charge is 0.159 e. The summed E-state index contributed by atoms with van der Waals surface area (Å²) in [6.07, 6.45) is 0. The van der Waals surface area contributed by atoms with E-state index in [4.69, 9.17) is 17.7 Å². The summed E-state index contributed by atoms with van der Waals surface area (Å²) in [5.74, 6) is 0. The van der Waals surface area contributed by atoms with E-state index in [2.05, 4.69) is 445 Å². The monoisotopic (exact) mass is 1790 g/mol. The molecule has 0 bridgehead atoms. The molecule has 0 fully saturated rings. The molecule has 0 spiro atoms. The number of anilines is 9. The summed E-state index contributed by atoms with van der Waals surface area (Å²) in [5.41, 5.74) is 24.4.